The number of hydrogen-bond acceptors (Lipinski definition) is 5. The summed E-state index contributed by atoms with van der Waals surface area (Å²) in [5, 5.41) is 0. The van der Waals surface area contributed by atoms with Crippen molar-refractivity contribution in [3.63, 3.8) is 0 Å². The van der Waals surface area contributed by atoms with Crippen molar-refractivity contribution < 1.29 is 0 Å². The highest BCUT2D eigenvalue weighted by Gasteiger charge is 2.19. The number of hydrogen-bond donors (Lipinski definition) is 5. The number of nitrogens with zero attached hydrogens (tertiary/aromatic N) is 2. The Kier molecular flexibility index (Phi) is 7.10. The standard InChI is InChI=1S/C44H33N7/c45-30-12-6-27(7-13-30)42-35-20-18-33(48-35)41(26-4-2-1-3-5-26)34-19-21-36(49-34)43(28-8-14-31(46)15-9-28)38-23-25-40(51-38)44(39-24-22-37(42)50-39)29-10-16-32(47)17-11-29/h1-25,48,51H,45-47H2. The highest BCUT2D eigenvalue weighted by Crippen LogP contribution is 2.38. The van der Waals surface area contributed by atoms with E-state index in [4.69, 9.17) is 27.2 Å². The third kappa shape index (κ3) is 5.43. The molecule has 0 atom stereocenters. The minimum Gasteiger partial charge on any atom is -0.399 e. The molecular weight excluding hydrogens is 627 g/mol. The Hall–Kier alpha value is -7.12. The molecule has 0 radical (unpaired) electrons. The van der Waals surface area contributed by atoms with Gasteiger partial charge >= 0.3 is 0 Å². The smallest absolute Gasteiger partial charge is 0.0737 e. The molecule has 8 N–H and O–H groups in total. The topological polar surface area (TPSA) is 135 Å². The number of nitrogens with two attached hydrogens (primary N) is 3. The summed E-state index contributed by atoms with van der Waals surface area (Å²) in [6, 6.07) is 42.6. The number of aromatic nitrogens is 4. The van der Waals surface area contributed by atoms with Gasteiger partial charge in [0.1, 0.15) is 0 Å². The zero-order valence-electron chi connectivity index (χ0n) is 27.6. The number of nitrogens with one attached hydrogen (secondary N) is 2. The molecule has 51 heavy (non-hydrogen) atoms. The van der Waals surface area contributed by atoms with Crippen LogP contribution >= 0.6 is 0 Å². The quantitative estimate of drug-likeness (QED) is 0.120. The zero-order valence-corrected chi connectivity index (χ0v) is 27.6. The summed E-state index contributed by atoms with van der Waals surface area (Å²) in [4.78, 5) is 18.2. The average molecular weight is 660 g/mol. The third-order valence-electron chi connectivity index (χ3n) is 9.41. The van der Waals surface area contributed by atoms with Crippen LogP contribution in [-0.2, 0) is 0 Å². The molecule has 0 saturated heterocycles. The summed E-state index contributed by atoms with van der Waals surface area (Å²) < 4.78 is 0. The van der Waals surface area contributed by atoms with E-state index in [1.165, 1.54) is 0 Å². The molecule has 5 heterocycles. The van der Waals surface area contributed by atoms with Gasteiger partial charge in [-0.2, -0.15) is 0 Å². The van der Waals surface area contributed by atoms with Crippen LogP contribution in [0.15, 0.2) is 127 Å². The zero-order chi connectivity index (χ0) is 34.5. The van der Waals surface area contributed by atoms with E-state index in [1.54, 1.807) is 0 Å². The maximum absolute atomic E-state index is 6.14. The Balaban J connectivity index is 1.47. The van der Waals surface area contributed by atoms with Crippen LogP contribution in [0, 0.1) is 0 Å². The highest BCUT2D eigenvalue weighted by molar-refractivity contribution is 6.00. The van der Waals surface area contributed by atoms with Crippen LogP contribution in [0.3, 0.4) is 0 Å². The van der Waals surface area contributed by atoms with Crippen molar-refractivity contribution in [2.75, 3.05) is 17.2 Å². The van der Waals surface area contributed by atoms with Crippen LogP contribution in [0.4, 0.5) is 17.1 Å². The molecule has 4 aromatic carbocycles. The maximum atomic E-state index is 6.14. The van der Waals surface area contributed by atoms with E-state index in [2.05, 4.69) is 82.8 Å². The molecule has 2 aliphatic heterocycles. The second-order valence-corrected chi connectivity index (χ2v) is 12.7. The second-order valence-electron chi connectivity index (χ2n) is 12.7. The summed E-state index contributed by atoms with van der Waals surface area (Å²) in [5.41, 5.74) is 35.5. The van der Waals surface area contributed by atoms with E-state index < -0.39 is 0 Å². The van der Waals surface area contributed by atoms with Gasteiger partial charge in [-0.05, 0) is 107 Å². The lowest BCUT2D eigenvalue weighted by atomic mass is 10.0. The number of nitrogen functional groups attached to an aromatic ring is 3. The first-order chi connectivity index (χ1) is 25.0. The summed E-state index contributed by atoms with van der Waals surface area (Å²) >= 11 is 0. The molecule has 9 rings (SSSR count). The van der Waals surface area contributed by atoms with Crippen molar-refractivity contribution in [3.8, 4) is 44.5 Å². The molecular formula is C44H33N7. The minimum absolute atomic E-state index is 0.695. The molecule has 0 spiro atoms. The fraction of sp³-hybridized carbons (Fsp3) is 0. The van der Waals surface area contributed by atoms with Gasteiger partial charge in [-0.1, -0.05) is 66.7 Å². The normalized spacial score (nSPS) is 12.0. The van der Waals surface area contributed by atoms with Crippen molar-refractivity contribution in [3.05, 3.63) is 150 Å². The SMILES string of the molecule is Nc1ccc(-c2c3nc(c(-c4ccc(N)cc4)c4ccc([nH]4)c(-c4ccc(N)cc4)c4nc(c(-c5ccccc5)c5ccc2[nH]5)C=C4)C=C3)cc1. The first-order valence-electron chi connectivity index (χ1n) is 16.8. The molecule has 3 aromatic heterocycles. The molecule has 7 nitrogen and oxygen atoms in total. The Morgan fingerprint density at radius 3 is 0.882 bits per heavy atom. The van der Waals surface area contributed by atoms with E-state index in [9.17, 15) is 0 Å². The van der Waals surface area contributed by atoms with E-state index in [-0.39, 0.29) is 0 Å². The first kappa shape index (κ1) is 30.0. The molecule has 2 aliphatic rings. The highest BCUT2D eigenvalue weighted by atomic mass is 14.8. The Morgan fingerprint density at radius 2 is 0.588 bits per heavy atom. The van der Waals surface area contributed by atoms with Crippen molar-refractivity contribution >= 4 is 63.4 Å². The largest absolute Gasteiger partial charge is 0.399 e. The van der Waals surface area contributed by atoms with E-state index in [0.717, 1.165) is 89.4 Å². The lowest BCUT2D eigenvalue weighted by molar-refractivity contribution is 1.31. The maximum Gasteiger partial charge on any atom is 0.0737 e. The molecule has 0 fully saturated rings. The van der Waals surface area contributed by atoms with E-state index in [0.29, 0.717) is 17.1 Å². The van der Waals surface area contributed by atoms with Gasteiger partial charge in [0.05, 0.1) is 22.8 Å². The molecule has 244 valence electrons. The summed E-state index contributed by atoms with van der Waals surface area (Å²) in [7, 11) is 0. The van der Waals surface area contributed by atoms with Crippen LogP contribution in [0.5, 0.6) is 0 Å². The Morgan fingerprint density at radius 1 is 0.314 bits per heavy atom. The predicted octanol–water partition coefficient (Wildman–Crippen LogP) is 10.1. The van der Waals surface area contributed by atoms with Crippen LogP contribution in [0.2, 0.25) is 0 Å². The van der Waals surface area contributed by atoms with Gasteiger partial charge in [0.25, 0.3) is 0 Å². The fourth-order valence-corrected chi connectivity index (χ4v) is 6.97. The average Bonchev–Trinajstić information content (AvgIpc) is 3.99. The summed E-state index contributed by atoms with van der Waals surface area (Å²) in [6.07, 6.45) is 8.35. The van der Waals surface area contributed by atoms with Gasteiger partial charge in [-0.15, -0.1) is 0 Å². The summed E-state index contributed by atoms with van der Waals surface area (Å²) in [6.45, 7) is 0. The van der Waals surface area contributed by atoms with Crippen molar-refractivity contribution in [2.24, 2.45) is 0 Å². The van der Waals surface area contributed by atoms with Gasteiger partial charge in [0.15, 0.2) is 0 Å². The molecule has 7 aromatic rings. The third-order valence-corrected chi connectivity index (χ3v) is 9.41. The van der Waals surface area contributed by atoms with Crippen LogP contribution in [0.25, 0.3) is 90.9 Å². The Labute approximate surface area is 294 Å². The minimum atomic E-state index is 0.695. The van der Waals surface area contributed by atoms with Gasteiger partial charge < -0.3 is 27.2 Å². The molecule has 7 heteroatoms. The molecule has 0 unspecified atom stereocenters. The van der Waals surface area contributed by atoms with Crippen molar-refractivity contribution in [1.82, 2.24) is 19.9 Å². The predicted molar refractivity (Wildman–Crippen MR) is 214 cm³/mol. The number of anilines is 3. The number of fused-ring (bicyclic) bond motifs is 8. The molecule has 0 saturated carbocycles. The number of rotatable bonds is 4. The lowest BCUT2D eigenvalue weighted by Crippen LogP contribution is -1.91. The van der Waals surface area contributed by atoms with E-state index in [1.807, 2.05) is 78.9 Å². The Bertz CT molecular complexity index is 2640. The number of H-pyrrole nitrogens is 2. The molecule has 0 amide bonds. The second kappa shape index (κ2) is 12.1. The van der Waals surface area contributed by atoms with Crippen molar-refractivity contribution in [1.29, 1.82) is 0 Å². The first-order valence-corrected chi connectivity index (χ1v) is 16.8. The van der Waals surface area contributed by atoms with Crippen molar-refractivity contribution in [2.45, 2.75) is 0 Å². The van der Waals surface area contributed by atoms with Gasteiger partial charge in [0, 0.05) is 61.4 Å². The van der Waals surface area contributed by atoms with Crippen LogP contribution < -0.4 is 17.2 Å². The molecule has 8 bridgehead atoms. The van der Waals surface area contributed by atoms with E-state index >= 15 is 0 Å². The summed E-state index contributed by atoms with van der Waals surface area (Å²) in [5.74, 6) is 0. The van der Waals surface area contributed by atoms with Crippen LogP contribution in [-0.4, -0.2) is 19.9 Å². The van der Waals surface area contributed by atoms with Crippen LogP contribution in [0.1, 0.15) is 22.8 Å². The van der Waals surface area contributed by atoms with Gasteiger partial charge in [0.2, 0.25) is 0 Å². The number of benzene rings is 4. The number of aromatic amines is 2. The fourth-order valence-electron chi connectivity index (χ4n) is 6.97. The monoisotopic (exact) mass is 659 g/mol. The van der Waals surface area contributed by atoms with Gasteiger partial charge in [-0.3, -0.25) is 0 Å². The lowest BCUT2D eigenvalue weighted by Gasteiger charge is -2.07. The molecule has 0 aliphatic carbocycles. The van der Waals surface area contributed by atoms with Gasteiger partial charge in [-0.25, -0.2) is 9.97 Å².